The van der Waals surface area contributed by atoms with Gasteiger partial charge in [0.1, 0.15) is 0 Å². The number of hydrogen-bond donors (Lipinski definition) is 2. The Hall–Kier alpha value is -2.88. The number of hydrogen-bond acceptors (Lipinski definition) is 2. The Bertz CT molecular complexity index is 787. The number of carbonyl (C=O) groups is 2. The summed E-state index contributed by atoms with van der Waals surface area (Å²) in [6.07, 6.45) is 4.01. The molecule has 0 radical (unpaired) electrons. The van der Waals surface area contributed by atoms with Crippen LogP contribution >= 0.6 is 0 Å². The number of rotatable bonds is 6. The molecule has 0 amide bonds. The van der Waals surface area contributed by atoms with Crippen molar-refractivity contribution in [2.45, 2.75) is 12.8 Å². The van der Waals surface area contributed by atoms with Crippen molar-refractivity contribution in [1.82, 2.24) is 0 Å². The van der Waals surface area contributed by atoms with Crippen LogP contribution in [0.15, 0.2) is 49.6 Å². The Morgan fingerprint density at radius 2 is 1.36 bits per heavy atom. The minimum Gasteiger partial charge on any atom is -0.478 e. The highest BCUT2D eigenvalue weighted by molar-refractivity contribution is 6.13. The van der Waals surface area contributed by atoms with Crippen molar-refractivity contribution in [3.8, 4) is 0 Å². The van der Waals surface area contributed by atoms with E-state index >= 15 is 0 Å². The van der Waals surface area contributed by atoms with Crippen LogP contribution in [0, 0.1) is 0 Å². The van der Waals surface area contributed by atoms with E-state index in [0.29, 0.717) is 17.4 Å². The summed E-state index contributed by atoms with van der Waals surface area (Å²) in [6, 6.07) is 6.94. The molecule has 0 atom stereocenters. The lowest BCUT2D eigenvalue weighted by Crippen LogP contribution is -2.15. The lowest BCUT2D eigenvalue weighted by Gasteiger charge is -2.17. The zero-order chi connectivity index (χ0) is 16.3. The fourth-order valence-electron chi connectivity index (χ4n) is 2.77. The van der Waals surface area contributed by atoms with Gasteiger partial charge in [-0.05, 0) is 34.7 Å². The molecule has 4 heteroatoms. The fraction of sp³-hybridized carbons (Fsp3) is 0.111. The number of carboxylic acid groups (broad SMARTS) is 2. The standard InChI is InChI=1S/C18H16O4/c1-3-7-11-12-9-5-6-10-14(12)16(18(21)22)15(17(19)20)13(11)8-4-2/h3-6,9-10H,1-2,7-8H2,(H,19,20)(H,21,22). The summed E-state index contributed by atoms with van der Waals surface area (Å²) in [5.74, 6) is -2.49. The summed E-state index contributed by atoms with van der Waals surface area (Å²) in [4.78, 5) is 23.4. The summed E-state index contributed by atoms with van der Waals surface area (Å²) in [5, 5.41) is 20.2. The molecule has 0 aliphatic heterocycles. The van der Waals surface area contributed by atoms with Crippen molar-refractivity contribution in [2.75, 3.05) is 0 Å². The van der Waals surface area contributed by atoms with Crippen LogP contribution in [0.3, 0.4) is 0 Å². The van der Waals surface area contributed by atoms with Crippen LogP contribution in [-0.4, -0.2) is 22.2 Å². The Kier molecular flexibility index (Phi) is 4.41. The van der Waals surface area contributed by atoms with E-state index in [2.05, 4.69) is 13.2 Å². The highest BCUT2D eigenvalue weighted by Gasteiger charge is 2.26. The molecular weight excluding hydrogens is 280 g/mol. The van der Waals surface area contributed by atoms with Gasteiger partial charge >= 0.3 is 11.9 Å². The van der Waals surface area contributed by atoms with Crippen LogP contribution in [-0.2, 0) is 12.8 Å². The van der Waals surface area contributed by atoms with Gasteiger partial charge < -0.3 is 10.2 Å². The predicted octanol–water partition coefficient (Wildman–Crippen LogP) is 3.69. The summed E-state index contributed by atoms with van der Waals surface area (Å²) >= 11 is 0. The molecular formula is C18H16O4. The lowest BCUT2D eigenvalue weighted by atomic mass is 9.86. The second kappa shape index (κ2) is 6.26. The largest absolute Gasteiger partial charge is 0.478 e. The van der Waals surface area contributed by atoms with Crippen LogP contribution < -0.4 is 0 Å². The minimum atomic E-state index is -1.25. The normalized spacial score (nSPS) is 10.4. The van der Waals surface area contributed by atoms with E-state index in [1.807, 2.05) is 0 Å². The van der Waals surface area contributed by atoms with Crippen molar-refractivity contribution in [3.05, 3.63) is 71.8 Å². The third-order valence-corrected chi connectivity index (χ3v) is 3.56. The molecule has 0 aliphatic rings. The smallest absolute Gasteiger partial charge is 0.337 e. The Labute approximate surface area is 128 Å². The van der Waals surface area contributed by atoms with E-state index in [1.165, 1.54) is 0 Å². The quantitative estimate of drug-likeness (QED) is 0.797. The van der Waals surface area contributed by atoms with Gasteiger partial charge in [0.2, 0.25) is 0 Å². The van der Waals surface area contributed by atoms with Gasteiger partial charge in [-0.3, -0.25) is 0 Å². The van der Waals surface area contributed by atoms with Gasteiger partial charge in [0.25, 0.3) is 0 Å². The number of aromatic carboxylic acids is 2. The van der Waals surface area contributed by atoms with Gasteiger partial charge in [-0.25, -0.2) is 9.59 Å². The SMILES string of the molecule is C=CCc1c(C(=O)O)c(C(=O)O)c2ccccc2c1CC=C. The van der Waals surface area contributed by atoms with Crippen molar-refractivity contribution in [1.29, 1.82) is 0 Å². The summed E-state index contributed by atoms with van der Waals surface area (Å²) in [6.45, 7) is 7.35. The Morgan fingerprint density at radius 3 is 1.86 bits per heavy atom. The van der Waals surface area contributed by atoms with Crippen LogP contribution in [0.4, 0.5) is 0 Å². The first-order valence-corrected chi connectivity index (χ1v) is 6.77. The van der Waals surface area contributed by atoms with Crippen LogP contribution in [0.2, 0.25) is 0 Å². The van der Waals surface area contributed by atoms with Gasteiger partial charge in [-0.2, -0.15) is 0 Å². The van der Waals surface area contributed by atoms with E-state index in [4.69, 9.17) is 0 Å². The molecule has 0 spiro atoms. The summed E-state index contributed by atoms with van der Waals surface area (Å²) in [5.41, 5.74) is 0.933. The average molecular weight is 296 g/mol. The van der Waals surface area contributed by atoms with Gasteiger partial charge in [-0.15, -0.1) is 13.2 Å². The second-order valence-electron chi connectivity index (χ2n) is 4.85. The number of fused-ring (bicyclic) bond motifs is 1. The fourth-order valence-corrected chi connectivity index (χ4v) is 2.77. The van der Waals surface area contributed by atoms with E-state index in [0.717, 1.165) is 10.9 Å². The number of allylic oxidation sites excluding steroid dienone is 2. The van der Waals surface area contributed by atoms with Crippen molar-refractivity contribution >= 4 is 22.7 Å². The molecule has 4 nitrogen and oxygen atoms in total. The summed E-state index contributed by atoms with van der Waals surface area (Å²) in [7, 11) is 0. The maximum absolute atomic E-state index is 11.7. The predicted molar refractivity (Wildman–Crippen MR) is 85.7 cm³/mol. The molecule has 0 saturated heterocycles. The van der Waals surface area contributed by atoms with E-state index in [1.54, 1.807) is 36.4 Å². The molecule has 22 heavy (non-hydrogen) atoms. The monoisotopic (exact) mass is 296 g/mol. The van der Waals surface area contributed by atoms with Gasteiger partial charge in [0.15, 0.2) is 0 Å². The van der Waals surface area contributed by atoms with Crippen molar-refractivity contribution < 1.29 is 19.8 Å². The summed E-state index contributed by atoms with van der Waals surface area (Å²) < 4.78 is 0. The first-order chi connectivity index (χ1) is 10.5. The highest BCUT2D eigenvalue weighted by Crippen LogP contribution is 2.32. The molecule has 0 fully saturated rings. The zero-order valence-electron chi connectivity index (χ0n) is 12.0. The van der Waals surface area contributed by atoms with Crippen molar-refractivity contribution in [3.63, 3.8) is 0 Å². The average Bonchev–Trinajstić information content (AvgIpc) is 2.48. The first-order valence-electron chi connectivity index (χ1n) is 6.77. The van der Waals surface area contributed by atoms with E-state index in [-0.39, 0.29) is 17.5 Å². The topological polar surface area (TPSA) is 74.6 Å². The molecule has 0 unspecified atom stereocenters. The van der Waals surface area contributed by atoms with Gasteiger partial charge in [0, 0.05) is 0 Å². The second-order valence-corrected chi connectivity index (χ2v) is 4.85. The molecule has 0 saturated carbocycles. The Morgan fingerprint density at radius 1 is 0.864 bits per heavy atom. The van der Waals surface area contributed by atoms with Gasteiger partial charge in [0.05, 0.1) is 11.1 Å². The minimum absolute atomic E-state index is 0.164. The molecule has 2 aromatic rings. The van der Waals surface area contributed by atoms with Crippen LogP contribution in [0.5, 0.6) is 0 Å². The van der Waals surface area contributed by atoms with E-state index < -0.39 is 11.9 Å². The van der Waals surface area contributed by atoms with Crippen LogP contribution in [0.1, 0.15) is 31.8 Å². The third kappa shape index (κ3) is 2.51. The highest BCUT2D eigenvalue weighted by atomic mass is 16.4. The molecule has 0 bridgehead atoms. The first kappa shape index (κ1) is 15.5. The van der Waals surface area contributed by atoms with Gasteiger partial charge in [-0.1, -0.05) is 36.4 Å². The third-order valence-electron chi connectivity index (χ3n) is 3.56. The van der Waals surface area contributed by atoms with Crippen molar-refractivity contribution in [2.24, 2.45) is 0 Å². The van der Waals surface area contributed by atoms with Crippen LogP contribution in [0.25, 0.3) is 10.8 Å². The molecule has 2 aromatic carbocycles. The lowest BCUT2D eigenvalue weighted by molar-refractivity contribution is 0.0652. The maximum Gasteiger partial charge on any atom is 0.337 e. The molecule has 2 rings (SSSR count). The van der Waals surface area contributed by atoms with E-state index in [9.17, 15) is 19.8 Å². The molecule has 0 heterocycles. The molecule has 0 aromatic heterocycles. The number of benzene rings is 2. The maximum atomic E-state index is 11.7. The number of carboxylic acids is 2. The Balaban J connectivity index is 3.08. The molecule has 0 aliphatic carbocycles. The molecule has 2 N–H and O–H groups in total. The molecule has 112 valence electrons. The zero-order valence-corrected chi connectivity index (χ0v) is 12.0.